The number of rotatable bonds is 4. The van der Waals surface area contributed by atoms with Gasteiger partial charge >= 0.3 is 12.1 Å². The van der Waals surface area contributed by atoms with Crippen LogP contribution < -0.4 is 4.90 Å². The lowest BCUT2D eigenvalue weighted by Gasteiger charge is -2.37. The number of likely N-dealkylation sites (tertiary alicyclic amines) is 1. The zero-order valence-electron chi connectivity index (χ0n) is 16.5. The lowest BCUT2D eigenvalue weighted by atomic mass is 9.63. The molecule has 2 saturated carbocycles. The number of amides is 3. The zero-order valence-corrected chi connectivity index (χ0v) is 16.5. The monoisotopic (exact) mass is 432 g/mol. The topological polar surface area (TPSA) is 74.8 Å². The molecule has 0 spiro atoms. The second kappa shape index (κ2) is 6.51. The number of carbonyl (C=O) groups is 4. The minimum Gasteiger partial charge on any atom is -0.295 e. The predicted molar refractivity (Wildman–Crippen MR) is 101 cm³/mol. The maximum atomic E-state index is 13.3. The van der Waals surface area contributed by atoms with Crippen LogP contribution in [0.5, 0.6) is 0 Å². The summed E-state index contributed by atoms with van der Waals surface area (Å²) in [6.07, 6.45) is -0.327. The molecular weight excluding hydrogens is 413 g/mol. The maximum absolute atomic E-state index is 13.3. The molecule has 2 bridgehead atoms. The van der Waals surface area contributed by atoms with Crippen molar-refractivity contribution in [2.45, 2.75) is 19.5 Å². The summed E-state index contributed by atoms with van der Waals surface area (Å²) in [6.45, 7) is 0.417. The number of alkyl halides is 3. The van der Waals surface area contributed by atoms with Crippen molar-refractivity contribution < 1.29 is 32.3 Å². The highest BCUT2D eigenvalue weighted by Gasteiger charge is 2.67. The van der Waals surface area contributed by atoms with Crippen LogP contribution in [0.2, 0.25) is 0 Å². The molecule has 9 heteroatoms. The van der Waals surface area contributed by atoms with Crippen LogP contribution in [-0.2, 0) is 14.4 Å². The van der Waals surface area contributed by atoms with E-state index in [0.29, 0.717) is 16.7 Å². The van der Waals surface area contributed by atoms with Gasteiger partial charge in [-0.1, -0.05) is 24.3 Å². The number of halogens is 3. The second-order valence-corrected chi connectivity index (χ2v) is 8.74. The first-order chi connectivity index (χ1) is 14.6. The summed E-state index contributed by atoms with van der Waals surface area (Å²) in [5.41, 5.74) is -0.0815. The van der Waals surface area contributed by atoms with Crippen LogP contribution in [0, 0.1) is 35.5 Å². The molecule has 6 atom stereocenters. The van der Waals surface area contributed by atoms with E-state index in [4.69, 9.17) is 0 Å². The van der Waals surface area contributed by atoms with Gasteiger partial charge in [0.2, 0.25) is 11.8 Å². The second-order valence-electron chi connectivity index (χ2n) is 8.74. The zero-order chi connectivity index (χ0) is 22.2. The molecular formula is C22H19F3N2O4. The van der Waals surface area contributed by atoms with E-state index in [1.807, 2.05) is 12.2 Å². The van der Waals surface area contributed by atoms with Gasteiger partial charge in [0.05, 0.1) is 11.8 Å². The lowest BCUT2D eigenvalue weighted by Crippen LogP contribution is -2.49. The van der Waals surface area contributed by atoms with Gasteiger partial charge in [-0.15, -0.1) is 0 Å². The van der Waals surface area contributed by atoms with Gasteiger partial charge in [-0.25, -0.2) is 0 Å². The van der Waals surface area contributed by atoms with Gasteiger partial charge in [0.25, 0.3) is 0 Å². The molecule has 0 unspecified atom stereocenters. The van der Waals surface area contributed by atoms with Crippen LogP contribution in [-0.4, -0.2) is 41.2 Å². The molecule has 1 aromatic rings. The number of imide groups is 1. The molecule has 6 rings (SSSR count). The van der Waals surface area contributed by atoms with Crippen molar-refractivity contribution >= 4 is 29.2 Å². The van der Waals surface area contributed by atoms with Crippen LogP contribution in [0.25, 0.3) is 0 Å². The van der Waals surface area contributed by atoms with Gasteiger partial charge in [-0.05, 0) is 49.1 Å². The van der Waals surface area contributed by atoms with Gasteiger partial charge in [-0.3, -0.25) is 29.0 Å². The van der Waals surface area contributed by atoms with E-state index < -0.39 is 42.4 Å². The number of benzene rings is 1. The van der Waals surface area contributed by atoms with E-state index in [2.05, 4.69) is 0 Å². The fourth-order valence-electron chi connectivity index (χ4n) is 5.61. The van der Waals surface area contributed by atoms with Crippen molar-refractivity contribution in [3.05, 3.63) is 42.0 Å². The first kappa shape index (κ1) is 20.0. The highest BCUT2D eigenvalue weighted by molar-refractivity contribution is 6.08. The SMILES string of the molecule is CC(=O)c1cccc(N(CN2C(=O)[C@@H]3[C@@H]4C=C[C@H]([C@H]5C[C@H]45)[C@@H]3C2=O)C(=O)C(F)(F)F)c1. The number of hydrogen-bond donors (Lipinski definition) is 0. The summed E-state index contributed by atoms with van der Waals surface area (Å²) in [4.78, 5) is 51.3. The minimum absolute atomic E-state index is 0.0748. The van der Waals surface area contributed by atoms with Crippen LogP contribution in [0.1, 0.15) is 23.7 Å². The molecule has 5 aliphatic rings. The summed E-state index contributed by atoms with van der Waals surface area (Å²) in [7, 11) is 0. The third-order valence-electron chi connectivity index (χ3n) is 7.09. The summed E-state index contributed by atoms with van der Waals surface area (Å²) >= 11 is 0. The molecule has 162 valence electrons. The first-order valence-electron chi connectivity index (χ1n) is 10.1. The number of hydrogen-bond acceptors (Lipinski definition) is 4. The Kier molecular flexibility index (Phi) is 4.19. The number of ketones is 1. The van der Waals surface area contributed by atoms with Gasteiger partial charge in [0.15, 0.2) is 5.78 Å². The van der Waals surface area contributed by atoms with Crippen LogP contribution in [0.4, 0.5) is 18.9 Å². The number of carbonyl (C=O) groups excluding carboxylic acids is 4. The highest BCUT2D eigenvalue weighted by atomic mass is 19.4. The van der Waals surface area contributed by atoms with Gasteiger partial charge in [-0.2, -0.15) is 13.2 Å². The van der Waals surface area contributed by atoms with E-state index in [0.717, 1.165) is 17.4 Å². The fourth-order valence-corrected chi connectivity index (χ4v) is 5.61. The molecule has 0 aromatic heterocycles. The number of nitrogens with zero attached hydrogens (tertiary/aromatic N) is 2. The maximum Gasteiger partial charge on any atom is 0.471 e. The largest absolute Gasteiger partial charge is 0.471 e. The summed E-state index contributed by atoms with van der Waals surface area (Å²) in [6, 6.07) is 5.17. The minimum atomic E-state index is -5.22. The summed E-state index contributed by atoms with van der Waals surface area (Å²) in [5.74, 6) is -4.22. The molecule has 3 fully saturated rings. The number of Topliss-reactive ketones (excluding diaryl/α,β-unsaturated/α-hetero) is 1. The number of allylic oxidation sites excluding steroid dienone is 2. The molecule has 4 aliphatic carbocycles. The Balaban J connectivity index is 1.48. The number of anilines is 1. The van der Waals surface area contributed by atoms with Crippen molar-refractivity contribution in [1.29, 1.82) is 0 Å². The third-order valence-corrected chi connectivity index (χ3v) is 7.09. The average molecular weight is 432 g/mol. The van der Waals surface area contributed by atoms with E-state index >= 15 is 0 Å². The lowest BCUT2D eigenvalue weighted by molar-refractivity contribution is -0.171. The molecule has 1 saturated heterocycles. The Morgan fingerprint density at radius 3 is 2.16 bits per heavy atom. The Bertz CT molecular complexity index is 1010. The van der Waals surface area contributed by atoms with E-state index in [9.17, 15) is 32.3 Å². The van der Waals surface area contributed by atoms with Crippen molar-refractivity contribution in [1.82, 2.24) is 4.90 Å². The molecule has 1 aliphatic heterocycles. The quantitative estimate of drug-likeness (QED) is 0.417. The highest BCUT2D eigenvalue weighted by Crippen LogP contribution is 2.65. The molecule has 0 N–H and O–H groups in total. The summed E-state index contributed by atoms with van der Waals surface area (Å²) < 4.78 is 40.0. The molecule has 0 radical (unpaired) electrons. The molecule has 31 heavy (non-hydrogen) atoms. The van der Waals surface area contributed by atoms with Crippen molar-refractivity contribution in [2.24, 2.45) is 35.5 Å². The van der Waals surface area contributed by atoms with Crippen molar-refractivity contribution in [3.63, 3.8) is 0 Å². The predicted octanol–water partition coefficient (Wildman–Crippen LogP) is 2.80. The molecule has 1 heterocycles. The normalized spacial score (nSPS) is 32.7. The average Bonchev–Trinajstić information content (AvgIpc) is 3.51. The first-order valence-corrected chi connectivity index (χ1v) is 10.1. The molecule has 6 nitrogen and oxygen atoms in total. The van der Waals surface area contributed by atoms with E-state index in [1.165, 1.54) is 25.1 Å². The fraction of sp³-hybridized carbons (Fsp3) is 0.455. The van der Waals surface area contributed by atoms with Crippen molar-refractivity contribution in [2.75, 3.05) is 11.6 Å². The van der Waals surface area contributed by atoms with E-state index in [-0.39, 0.29) is 28.9 Å². The standard InChI is InChI=1S/C22H19F3N2O4/c1-10(28)11-3-2-4-12(7-11)26(21(31)22(23,24)25)9-27-19(29)17-13-5-6-14(16-8-15(13)16)18(17)20(27)30/h2-7,13-18H,8-9H2,1H3/t13-,14-,15-,16-,17-,18+/m1/s1. The van der Waals surface area contributed by atoms with Crippen LogP contribution in [0.3, 0.4) is 0 Å². The summed E-state index contributed by atoms with van der Waals surface area (Å²) in [5, 5.41) is 0. The van der Waals surface area contributed by atoms with Gasteiger partial charge in [0.1, 0.15) is 6.67 Å². The Morgan fingerprint density at radius 2 is 1.65 bits per heavy atom. The Labute approximate surface area is 175 Å². The van der Waals surface area contributed by atoms with Crippen LogP contribution in [0.15, 0.2) is 36.4 Å². The van der Waals surface area contributed by atoms with Crippen LogP contribution >= 0.6 is 0 Å². The van der Waals surface area contributed by atoms with Gasteiger partial charge < -0.3 is 0 Å². The van der Waals surface area contributed by atoms with Crippen molar-refractivity contribution in [3.8, 4) is 0 Å². The smallest absolute Gasteiger partial charge is 0.295 e. The Morgan fingerprint density at radius 1 is 1.06 bits per heavy atom. The third kappa shape index (κ3) is 2.93. The van der Waals surface area contributed by atoms with E-state index in [1.54, 1.807) is 0 Å². The Hall–Kier alpha value is -2.97. The molecule has 1 aromatic carbocycles. The van der Waals surface area contributed by atoms with Gasteiger partial charge in [0, 0.05) is 11.3 Å². The molecule has 3 amide bonds.